The van der Waals surface area contributed by atoms with E-state index in [1.54, 1.807) is 0 Å². The molecular formula is C20H18F3N7O4S. The van der Waals surface area contributed by atoms with Gasteiger partial charge in [0.15, 0.2) is 21.5 Å². The zero-order chi connectivity index (χ0) is 26.0. The Hall–Kier alpha value is -4.19. The van der Waals surface area contributed by atoms with Gasteiger partial charge in [0.1, 0.15) is 11.8 Å². The third-order valence-corrected chi connectivity index (χ3v) is 6.31. The maximum Gasteiger partial charge on any atom is 0.573 e. The summed E-state index contributed by atoms with van der Waals surface area (Å²) < 4.78 is 67.8. The molecule has 0 radical (unpaired) electrons. The fraction of sp³-hybridized carbons (Fsp3) is 0.250. The van der Waals surface area contributed by atoms with Crippen molar-refractivity contribution in [2.45, 2.75) is 31.1 Å². The van der Waals surface area contributed by atoms with Gasteiger partial charge in [0.25, 0.3) is 5.91 Å². The van der Waals surface area contributed by atoms with Gasteiger partial charge >= 0.3 is 6.36 Å². The standard InChI is InChI=1S/C20H18F3N7O4S/c1-3-35(32,33)15-7-13(6-14(8-15)34-20(21,22)23)18(31)27-11(2)17-28-19(25)29-30(17)16-5-4-12(9-24)10-26-16/h4-8,10-11H,3H2,1-2H3,(H2,25,29)(H,27,31)/t11-/m0/s1. The number of nitrogens with zero attached hydrogens (tertiary/aromatic N) is 5. The second-order valence-corrected chi connectivity index (χ2v) is 9.37. The number of benzene rings is 1. The van der Waals surface area contributed by atoms with Gasteiger partial charge in [-0.15, -0.1) is 18.3 Å². The minimum Gasteiger partial charge on any atom is -0.406 e. The van der Waals surface area contributed by atoms with Gasteiger partial charge in [-0.3, -0.25) is 4.79 Å². The summed E-state index contributed by atoms with van der Waals surface area (Å²) >= 11 is 0. The second-order valence-electron chi connectivity index (χ2n) is 7.10. The Morgan fingerprint density at radius 3 is 2.60 bits per heavy atom. The molecule has 0 spiro atoms. The van der Waals surface area contributed by atoms with E-state index >= 15 is 0 Å². The molecule has 3 N–H and O–H groups in total. The van der Waals surface area contributed by atoms with Crippen LogP contribution in [0, 0.1) is 11.3 Å². The number of rotatable bonds is 7. The zero-order valence-corrected chi connectivity index (χ0v) is 19.1. The molecule has 1 aromatic carbocycles. The average Bonchev–Trinajstić information content (AvgIpc) is 3.19. The summed E-state index contributed by atoms with van der Waals surface area (Å²) in [6.45, 7) is 2.81. The van der Waals surface area contributed by atoms with Crippen molar-refractivity contribution < 1.29 is 31.1 Å². The monoisotopic (exact) mass is 509 g/mol. The lowest BCUT2D eigenvalue weighted by Crippen LogP contribution is -2.29. The average molecular weight is 509 g/mol. The highest BCUT2D eigenvalue weighted by Gasteiger charge is 2.32. The number of carbonyl (C=O) groups excluding carboxylic acids is 1. The number of nitriles is 1. The van der Waals surface area contributed by atoms with E-state index in [0.717, 1.165) is 12.1 Å². The van der Waals surface area contributed by atoms with Crippen LogP contribution in [0.1, 0.15) is 41.6 Å². The molecule has 11 nitrogen and oxygen atoms in total. The van der Waals surface area contributed by atoms with Crippen molar-refractivity contribution in [2.24, 2.45) is 0 Å². The smallest absolute Gasteiger partial charge is 0.406 e. The normalized spacial score (nSPS) is 12.6. The van der Waals surface area contributed by atoms with Crippen molar-refractivity contribution in [2.75, 3.05) is 11.5 Å². The number of alkyl halides is 3. The summed E-state index contributed by atoms with van der Waals surface area (Å²) in [7, 11) is -3.96. The largest absolute Gasteiger partial charge is 0.573 e. The van der Waals surface area contributed by atoms with Crippen molar-refractivity contribution in [3.8, 4) is 17.6 Å². The fourth-order valence-electron chi connectivity index (χ4n) is 2.95. The fourth-order valence-corrected chi connectivity index (χ4v) is 3.89. The zero-order valence-electron chi connectivity index (χ0n) is 18.2. The quantitative estimate of drug-likeness (QED) is 0.486. The van der Waals surface area contributed by atoms with Crippen LogP contribution in [0.5, 0.6) is 5.75 Å². The number of hydrogen-bond acceptors (Lipinski definition) is 9. The Bertz CT molecular complexity index is 1400. The van der Waals surface area contributed by atoms with Crippen molar-refractivity contribution in [3.05, 3.63) is 53.5 Å². The molecule has 3 aromatic rings. The molecule has 0 saturated heterocycles. The number of nitrogen functional groups attached to an aromatic ring is 1. The Labute approximate surface area is 197 Å². The van der Waals surface area contributed by atoms with E-state index in [2.05, 4.69) is 25.1 Å². The molecule has 0 aliphatic heterocycles. The van der Waals surface area contributed by atoms with Crippen molar-refractivity contribution in [1.82, 2.24) is 25.1 Å². The SMILES string of the molecule is CCS(=O)(=O)c1cc(OC(F)(F)F)cc(C(=O)N[C@@H](C)c2nc(N)nn2-c2ccc(C#N)cn2)c1. The van der Waals surface area contributed by atoms with Gasteiger partial charge in [0, 0.05) is 11.8 Å². The van der Waals surface area contributed by atoms with Crippen LogP contribution < -0.4 is 15.8 Å². The third-order valence-electron chi connectivity index (χ3n) is 4.59. The Balaban J connectivity index is 1.94. The van der Waals surface area contributed by atoms with Crippen LogP contribution >= 0.6 is 0 Å². The number of anilines is 1. The molecule has 0 aliphatic rings. The lowest BCUT2D eigenvalue weighted by atomic mass is 10.2. The van der Waals surface area contributed by atoms with E-state index in [-0.39, 0.29) is 23.2 Å². The number of aromatic nitrogens is 4. The van der Waals surface area contributed by atoms with Crippen LogP contribution in [-0.4, -0.2) is 46.2 Å². The summed E-state index contributed by atoms with van der Waals surface area (Å²) in [4.78, 5) is 20.5. The molecule has 1 amide bonds. The summed E-state index contributed by atoms with van der Waals surface area (Å²) in [5, 5.41) is 15.4. The van der Waals surface area contributed by atoms with E-state index < -0.39 is 44.5 Å². The highest BCUT2D eigenvalue weighted by molar-refractivity contribution is 7.91. The highest BCUT2D eigenvalue weighted by Crippen LogP contribution is 2.28. The van der Waals surface area contributed by atoms with Gasteiger partial charge in [0.2, 0.25) is 5.95 Å². The molecule has 0 fully saturated rings. The number of nitrogens with one attached hydrogen (secondary N) is 1. The molecule has 35 heavy (non-hydrogen) atoms. The first-order valence-electron chi connectivity index (χ1n) is 9.86. The summed E-state index contributed by atoms with van der Waals surface area (Å²) in [6, 6.07) is 6.39. The molecule has 0 aliphatic carbocycles. The first-order chi connectivity index (χ1) is 16.3. The molecule has 2 heterocycles. The highest BCUT2D eigenvalue weighted by atomic mass is 32.2. The third kappa shape index (κ3) is 6.03. The first-order valence-corrected chi connectivity index (χ1v) is 11.5. The van der Waals surface area contributed by atoms with Gasteiger partial charge in [-0.25, -0.2) is 13.4 Å². The van der Waals surface area contributed by atoms with Crippen LogP contribution in [0.2, 0.25) is 0 Å². The number of hydrogen-bond donors (Lipinski definition) is 2. The van der Waals surface area contributed by atoms with Crippen molar-refractivity contribution in [1.29, 1.82) is 5.26 Å². The number of halogens is 3. The Morgan fingerprint density at radius 1 is 1.31 bits per heavy atom. The minimum absolute atomic E-state index is 0.122. The summed E-state index contributed by atoms with van der Waals surface area (Å²) in [5.74, 6) is -1.96. The number of pyridine rings is 1. The van der Waals surface area contributed by atoms with Gasteiger partial charge < -0.3 is 15.8 Å². The number of carbonyl (C=O) groups is 1. The first kappa shape index (κ1) is 25.4. The number of ether oxygens (including phenoxy) is 1. The van der Waals surface area contributed by atoms with Crippen molar-refractivity contribution >= 4 is 21.7 Å². The van der Waals surface area contributed by atoms with Gasteiger partial charge in [-0.05, 0) is 37.3 Å². The Morgan fingerprint density at radius 2 is 2.03 bits per heavy atom. The van der Waals surface area contributed by atoms with Crippen LogP contribution in [0.3, 0.4) is 0 Å². The van der Waals surface area contributed by atoms with E-state index in [1.165, 1.54) is 36.9 Å². The van der Waals surface area contributed by atoms with Gasteiger partial charge in [-0.2, -0.15) is 14.9 Å². The summed E-state index contributed by atoms with van der Waals surface area (Å²) in [5.41, 5.74) is 5.60. The summed E-state index contributed by atoms with van der Waals surface area (Å²) in [6.07, 6.45) is -3.81. The lowest BCUT2D eigenvalue weighted by molar-refractivity contribution is -0.274. The molecule has 0 saturated carbocycles. The molecule has 1 atom stereocenters. The van der Waals surface area contributed by atoms with Crippen LogP contribution in [0.25, 0.3) is 5.82 Å². The minimum atomic E-state index is -5.10. The molecular weight excluding hydrogens is 491 g/mol. The van der Waals surface area contributed by atoms with E-state index in [1.807, 2.05) is 6.07 Å². The number of sulfone groups is 1. The molecule has 3 rings (SSSR count). The van der Waals surface area contributed by atoms with Crippen LogP contribution in [-0.2, 0) is 9.84 Å². The van der Waals surface area contributed by atoms with Crippen LogP contribution in [0.4, 0.5) is 19.1 Å². The maximum absolute atomic E-state index is 12.9. The topological polar surface area (TPSA) is 166 Å². The maximum atomic E-state index is 12.9. The molecule has 0 bridgehead atoms. The number of nitrogens with two attached hydrogens (primary N) is 1. The lowest BCUT2D eigenvalue weighted by Gasteiger charge is -2.16. The molecule has 184 valence electrons. The van der Waals surface area contributed by atoms with Crippen molar-refractivity contribution in [3.63, 3.8) is 0 Å². The Kier molecular flexibility index (Phi) is 6.96. The van der Waals surface area contributed by atoms with E-state index in [0.29, 0.717) is 11.6 Å². The van der Waals surface area contributed by atoms with Gasteiger partial charge in [-0.1, -0.05) is 6.92 Å². The predicted octanol–water partition coefficient (Wildman–Crippen LogP) is 2.30. The molecule has 0 unspecified atom stereocenters. The predicted molar refractivity (Wildman–Crippen MR) is 115 cm³/mol. The van der Waals surface area contributed by atoms with E-state index in [9.17, 15) is 26.4 Å². The van der Waals surface area contributed by atoms with Crippen LogP contribution in [0.15, 0.2) is 41.4 Å². The van der Waals surface area contributed by atoms with Gasteiger partial charge in [0.05, 0.1) is 22.3 Å². The second kappa shape index (κ2) is 9.58. The molecule has 2 aromatic heterocycles. The van der Waals surface area contributed by atoms with E-state index in [4.69, 9.17) is 11.0 Å². The molecule has 15 heteroatoms. The number of amides is 1.